The fourth-order valence-corrected chi connectivity index (χ4v) is 6.83. The minimum Gasteiger partial charge on any atom is -0.379 e. The van der Waals surface area contributed by atoms with Gasteiger partial charge in [-0.1, -0.05) is 24.3 Å². The number of benzene rings is 2. The maximum Gasteiger partial charge on any atom is 0.269 e. The van der Waals surface area contributed by atoms with Crippen LogP contribution in [0.1, 0.15) is 34.8 Å². The van der Waals surface area contributed by atoms with Crippen LogP contribution in [0.2, 0.25) is 0 Å². The van der Waals surface area contributed by atoms with Gasteiger partial charge in [0.05, 0.1) is 24.9 Å². The zero-order valence-electron chi connectivity index (χ0n) is 22.5. The standard InChI is InChI=1S/C28H33FN4O7S/c29-21-9-7-20(8-10-21)26(27(35)30-18-22-4-3-15-40-22)32(12-11-31-13-16-39-17-14-31)25(34)19-33-28(36)23-5-1-2-6-24(23)41(33,37)38/h1-2,5-10,22,26H,3-4,11-19H2,(H,30,35)/t22-,26-/m1/s1. The van der Waals surface area contributed by atoms with Gasteiger partial charge < -0.3 is 19.7 Å². The van der Waals surface area contributed by atoms with Crippen LogP contribution in [0.3, 0.4) is 0 Å². The van der Waals surface area contributed by atoms with Crippen molar-refractivity contribution in [2.24, 2.45) is 0 Å². The molecule has 0 bridgehead atoms. The van der Waals surface area contributed by atoms with Crippen molar-refractivity contribution in [1.29, 1.82) is 0 Å². The van der Waals surface area contributed by atoms with Crippen molar-refractivity contribution in [2.75, 3.05) is 59.1 Å². The van der Waals surface area contributed by atoms with E-state index < -0.39 is 46.1 Å². The maximum absolute atomic E-state index is 13.9. The molecule has 0 radical (unpaired) electrons. The molecule has 2 fully saturated rings. The molecule has 3 aliphatic heterocycles. The minimum absolute atomic E-state index is 0.00967. The van der Waals surface area contributed by atoms with Gasteiger partial charge in [-0.25, -0.2) is 17.1 Å². The van der Waals surface area contributed by atoms with Crippen molar-refractivity contribution in [2.45, 2.75) is 29.9 Å². The molecule has 13 heteroatoms. The van der Waals surface area contributed by atoms with Gasteiger partial charge in [0.15, 0.2) is 0 Å². The Labute approximate surface area is 238 Å². The number of ether oxygens (including phenoxy) is 2. The molecule has 220 valence electrons. The lowest BCUT2D eigenvalue weighted by Crippen LogP contribution is -2.51. The second-order valence-electron chi connectivity index (χ2n) is 10.2. The molecule has 0 aromatic heterocycles. The maximum atomic E-state index is 13.9. The third kappa shape index (κ3) is 6.43. The number of hydrogen-bond acceptors (Lipinski definition) is 8. The first-order chi connectivity index (χ1) is 19.8. The third-order valence-electron chi connectivity index (χ3n) is 7.55. The predicted molar refractivity (Wildman–Crippen MR) is 145 cm³/mol. The number of halogens is 1. The van der Waals surface area contributed by atoms with E-state index in [4.69, 9.17) is 9.47 Å². The molecule has 2 aromatic carbocycles. The van der Waals surface area contributed by atoms with Gasteiger partial charge in [-0.15, -0.1) is 0 Å². The van der Waals surface area contributed by atoms with E-state index in [2.05, 4.69) is 10.2 Å². The number of nitrogens with one attached hydrogen (secondary N) is 1. The van der Waals surface area contributed by atoms with E-state index in [0.29, 0.717) is 49.3 Å². The van der Waals surface area contributed by atoms with Crippen LogP contribution in [-0.4, -0.2) is 105 Å². The average Bonchev–Trinajstić information content (AvgIpc) is 3.57. The van der Waals surface area contributed by atoms with Gasteiger partial charge in [0.25, 0.3) is 15.9 Å². The van der Waals surface area contributed by atoms with Crippen LogP contribution in [-0.2, 0) is 29.1 Å². The third-order valence-corrected chi connectivity index (χ3v) is 9.33. The zero-order chi connectivity index (χ0) is 29.0. The number of carbonyl (C=O) groups excluding carboxylic acids is 3. The Balaban J connectivity index is 1.44. The average molecular weight is 589 g/mol. The summed E-state index contributed by atoms with van der Waals surface area (Å²) in [6, 6.07) is 9.83. The Morgan fingerprint density at radius 1 is 1.07 bits per heavy atom. The molecule has 11 nitrogen and oxygen atoms in total. The number of fused-ring (bicyclic) bond motifs is 1. The van der Waals surface area contributed by atoms with Crippen molar-refractivity contribution in [1.82, 2.24) is 19.4 Å². The quantitative estimate of drug-likeness (QED) is 0.439. The van der Waals surface area contributed by atoms with E-state index in [1.807, 2.05) is 0 Å². The highest BCUT2D eigenvalue weighted by molar-refractivity contribution is 7.90. The summed E-state index contributed by atoms with van der Waals surface area (Å²) in [5, 5.41) is 2.86. The Hall–Kier alpha value is -3.39. The topological polar surface area (TPSA) is 126 Å². The van der Waals surface area contributed by atoms with E-state index in [-0.39, 0.29) is 29.7 Å². The van der Waals surface area contributed by atoms with Crippen molar-refractivity contribution in [3.8, 4) is 0 Å². The van der Waals surface area contributed by atoms with Crippen molar-refractivity contribution in [3.05, 3.63) is 65.5 Å². The zero-order valence-corrected chi connectivity index (χ0v) is 23.4. The highest BCUT2D eigenvalue weighted by Gasteiger charge is 2.43. The van der Waals surface area contributed by atoms with Crippen LogP contribution < -0.4 is 5.32 Å². The summed E-state index contributed by atoms with van der Waals surface area (Å²) < 4.78 is 51.8. The largest absolute Gasteiger partial charge is 0.379 e. The summed E-state index contributed by atoms with van der Waals surface area (Å²) in [7, 11) is -4.25. The second-order valence-corrected chi connectivity index (χ2v) is 12.0. The Bertz CT molecular complexity index is 1380. The Morgan fingerprint density at radius 2 is 1.80 bits per heavy atom. The lowest BCUT2D eigenvalue weighted by atomic mass is 10.0. The normalized spacial score (nSPS) is 21.0. The molecule has 41 heavy (non-hydrogen) atoms. The molecule has 0 unspecified atom stereocenters. The number of hydrogen-bond donors (Lipinski definition) is 1. The summed E-state index contributed by atoms with van der Waals surface area (Å²) in [5.41, 5.74) is 0.343. The Kier molecular flexibility index (Phi) is 8.97. The van der Waals surface area contributed by atoms with Crippen LogP contribution in [0, 0.1) is 5.82 Å². The first-order valence-electron chi connectivity index (χ1n) is 13.7. The number of sulfonamides is 1. The van der Waals surface area contributed by atoms with Crippen LogP contribution in [0.5, 0.6) is 0 Å². The van der Waals surface area contributed by atoms with Gasteiger partial charge in [-0.2, -0.15) is 0 Å². The van der Waals surface area contributed by atoms with Crippen molar-refractivity contribution < 1.29 is 36.7 Å². The predicted octanol–water partition coefficient (Wildman–Crippen LogP) is 1.17. The molecule has 2 atom stereocenters. The van der Waals surface area contributed by atoms with Gasteiger partial charge in [0.1, 0.15) is 23.3 Å². The second kappa shape index (κ2) is 12.6. The molecule has 2 saturated heterocycles. The van der Waals surface area contributed by atoms with Crippen molar-refractivity contribution in [3.63, 3.8) is 0 Å². The van der Waals surface area contributed by atoms with E-state index >= 15 is 0 Å². The van der Waals surface area contributed by atoms with Crippen molar-refractivity contribution >= 4 is 27.7 Å². The monoisotopic (exact) mass is 588 g/mol. The molecule has 3 amide bonds. The molecular weight excluding hydrogens is 555 g/mol. The first-order valence-corrected chi connectivity index (χ1v) is 15.1. The minimum atomic E-state index is -4.25. The van der Waals surface area contributed by atoms with Crippen LogP contribution in [0.25, 0.3) is 0 Å². The molecule has 3 aliphatic rings. The van der Waals surface area contributed by atoms with Crippen LogP contribution in [0.4, 0.5) is 4.39 Å². The van der Waals surface area contributed by atoms with E-state index in [1.54, 1.807) is 6.07 Å². The van der Waals surface area contributed by atoms with Gasteiger partial charge in [-0.05, 0) is 42.7 Å². The highest BCUT2D eigenvalue weighted by Crippen LogP contribution is 2.31. The molecule has 0 saturated carbocycles. The Morgan fingerprint density at radius 3 is 2.49 bits per heavy atom. The van der Waals surface area contributed by atoms with Gasteiger partial charge in [0.2, 0.25) is 11.8 Å². The molecule has 5 rings (SSSR count). The molecule has 0 spiro atoms. The van der Waals surface area contributed by atoms with E-state index in [1.165, 1.54) is 47.4 Å². The van der Waals surface area contributed by atoms with Crippen LogP contribution in [0.15, 0.2) is 53.4 Å². The fourth-order valence-electron chi connectivity index (χ4n) is 5.31. The summed E-state index contributed by atoms with van der Waals surface area (Å²) in [5.74, 6) is -2.56. The number of carbonyl (C=O) groups is 3. The summed E-state index contributed by atoms with van der Waals surface area (Å²) in [6.07, 6.45) is 1.51. The highest BCUT2D eigenvalue weighted by atomic mass is 32.2. The number of rotatable bonds is 10. The SMILES string of the molecule is O=C(NC[C@H]1CCCO1)[C@@H](c1ccc(F)cc1)N(CCN1CCOCC1)C(=O)CN1C(=O)c2ccccc2S1(=O)=O. The molecular formula is C28H33FN4O7S. The fraction of sp³-hybridized carbons (Fsp3) is 0.464. The number of morpholine rings is 1. The van der Waals surface area contributed by atoms with Gasteiger partial charge in [-0.3, -0.25) is 19.3 Å². The van der Waals surface area contributed by atoms with E-state index in [9.17, 15) is 27.2 Å². The van der Waals surface area contributed by atoms with Crippen LogP contribution >= 0.6 is 0 Å². The summed E-state index contributed by atoms with van der Waals surface area (Å²) in [6.45, 7) is 2.80. The lowest BCUT2D eigenvalue weighted by Gasteiger charge is -2.35. The van der Waals surface area contributed by atoms with Gasteiger partial charge >= 0.3 is 0 Å². The first kappa shape index (κ1) is 29.1. The smallest absolute Gasteiger partial charge is 0.269 e. The van der Waals surface area contributed by atoms with E-state index in [0.717, 1.165) is 12.8 Å². The van der Waals surface area contributed by atoms with Gasteiger partial charge in [0, 0.05) is 39.3 Å². The lowest BCUT2D eigenvalue weighted by molar-refractivity contribution is -0.141. The molecule has 1 N–H and O–H groups in total. The number of amides is 3. The molecule has 3 heterocycles. The summed E-state index contributed by atoms with van der Waals surface area (Å²) >= 11 is 0. The molecule has 0 aliphatic carbocycles. The summed E-state index contributed by atoms with van der Waals surface area (Å²) in [4.78, 5) is 43.9. The molecule has 2 aromatic rings. The number of nitrogens with zero attached hydrogens (tertiary/aromatic N) is 3.